The number of furan rings is 1. The number of aromatic hydroxyl groups is 1. The Morgan fingerprint density at radius 3 is 2.67 bits per heavy atom. The molecule has 0 aliphatic heterocycles. The van der Waals surface area contributed by atoms with Gasteiger partial charge in [0.25, 0.3) is 0 Å². The lowest BCUT2D eigenvalue weighted by atomic mass is 10.1. The van der Waals surface area contributed by atoms with Crippen molar-refractivity contribution in [3.8, 4) is 28.7 Å². The number of ether oxygens (including phenoxy) is 2. The van der Waals surface area contributed by atoms with E-state index in [1.165, 1.54) is 6.21 Å². The first kappa shape index (κ1) is 15.5. The fraction of sp³-hybridized carbons (Fsp3) is 0.125. The average molecular weight is 329 g/mol. The molecule has 0 atom stereocenters. The standard InChI is InChI=1S/C16H15N3O5/c1-22-13-5-3-10(7-14(13)23-2)12-6-4-11(24-12)8-17-19-9-15(20)18-16(19)21/h3-9,20H,1-2H3,(H,18,21). The van der Waals surface area contributed by atoms with Crippen molar-refractivity contribution in [1.82, 2.24) is 9.66 Å². The second-order valence-corrected chi connectivity index (χ2v) is 4.81. The zero-order chi connectivity index (χ0) is 17.1. The summed E-state index contributed by atoms with van der Waals surface area (Å²) < 4.78 is 17.1. The van der Waals surface area contributed by atoms with Crippen LogP contribution in [0.15, 0.2) is 50.8 Å². The number of nitrogens with zero attached hydrogens (tertiary/aromatic N) is 2. The minimum absolute atomic E-state index is 0.261. The monoisotopic (exact) mass is 329 g/mol. The van der Waals surface area contributed by atoms with Gasteiger partial charge in [-0.05, 0) is 30.3 Å². The van der Waals surface area contributed by atoms with Gasteiger partial charge in [0.15, 0.2) is 11.5 Å². The van der Waals surface area contributed by atoms with Gasteiger partial charge in [0.2, 0.25) is 5.88 Å². The molecule has 0 amide bonds. The number of methoxy groups -OCH3 is 2. The van der Waals surface area contributed by atoms with Gasteiger partial charge in [-0.25, -0.2) is 4.79 Å². The molecule has 2 aromatic heterocycles. The minimum Gasteiger partial charge on any atom is -0.493 e. The molecule has 2 heterocycles. The number of aromatic amines is 1. The van der Waals surface area contributed by atoms with Crippen molar-refractivity contribution in [2.24, 2.45) is 5.10 Å². The molecule has 8 nitrogen and oxygen atoms in total. The van der Waals surface area contributed by atoms with E-state index in [0.717, 1.165) is 16.4 Å². The number of benzene rings is 1. The first-order chi connectivity index (χ1) is 11.6. The Morgan fingerprint density at radius 2 is 2.00 bits per heavy atom. The Balaban J connectivity index is 1.85. The topological polar surface area (TPSA) is 102 Å². The van der Waals surface area contributed by atoms with E-state index in [0.29, 0.717) is 23.0 Å². The van der Waals surface area contributed by atoms with Crippen LogP contribution in [0, 0.1) is 0 Å². The summed E-state index contributed by atoms with van der Waals surface area (Å²) in [7, 11) is 3.13. The molecule has 0 aliphatic rings. The van der Waals surface area contributed by atoms with Gasteiger partial charge in [0.05, 0.1) is 26.6 Å². The maximum Gasteiger partial charge on any atom is 0.349 e. The highest BCUT2D eigenvalue weighted by Gasteiger charge is 2.09. The Morgan fingerprint density at radius 1 is 1.21 bits per heavy atom. The third-order valence-corrected chi connectivity index (χ3v) is 3.29. The van der Waals surface area contributed by atoms with Crippen LogP contribution in [0.3, 0.4) is 0 Å². The minimum atomic E-state index is -0.546. The molecule has 0 saturated carbocycles. The number of hydrogen-bond acceptors (Lipinski definition) is 6. The van der Waals surface area contributed by atoms with Crippen LogP contribution in [0.5, 0.6) is 17.4 Å². The Kier molecular flexibility index (Phi) is 4.11. The Labute approximate surface area is 136 Å². The van der Waals surface area contributed by atoms with E-state index in [2.05, 4.69) is 10.1 Å². The highest BCUT2D eigenvalue weighted by molar-refractivity contribution is 5.77. The van der Waals surface area contributed by atoms with Crippen molar-refractivity contribution in [2.45, 2.75) is 0 Å². The fourth-order valence-corrected chi connectivity index (χ4v) is 2.15. The second-order valence-electron chi connectivity index (χ2n) is 4.81. The van der Waals surface area contributed by atoms with Crippen LogP contribution in [-0.2, 0) is 0 Å². The molecule has 8 heteroatoms. The SMILES string of the molecule is COc1ccc(-c2ccc(C=Nn3cc(O)[nH]c3=O)o2)cc1OC. The predicted molar refractivity (Wildman–Crippen MR) is 87.0 cm³/mol. The van der Waals surface area contributed by atoms with Crippen LogP contribution in [0.2, 0.25) is 0 Å². The highest BCUT2D eigenvalue weighted by Crippen LogP contribution is 2.32. The van der Waals surface area contributed by atoms with Crippen molar-refractivity contribution in [3.63, 3.8) is 0 Å². The molecule has 124 valence electrons. The molecule has 0 spiro atoms. The number of aromatic nitrogens is 2. The maximum absolute atomic E-state index is 11.4. The first-order valence-corrected chi connectivity index (χ1v) is 6.98. The van der Waals surface area contributed by atoms with E-state index in [9.17, 15) is 9.90 Å². The smallest absolute Gasteiger partial charge is 0.349 e. The number of rotatable bonds is 5. The summed E-state index contributed by atoms with van der Waals surface area (Å²) in [5.41, 5.74) is 0.263. The summed E-state index contributed by atoms with van der Waals surface area (Å²) >= 11 is 0. The lowest BCUT2D eigenvalue weighted by Gasteiger charge is -2.08. The third-order valence-electron chi connectivity index (χ3n) is 3.29. The summed E-state index contributed by atoms with van der Waals surface area (Å²) in [6.45, 7) is 0. The van der Waals surface area contributed by atoms with Crippen LogP contribution in [0.4, 0.5) is 0 Å². The third kappa shape index (κ3) is 3.02. The summed E-state index contributed by atoms with van der Waals surface area (Å²) in [5.74, 6) is 2.02. The summed E-state index contributed by atoms with van der Waals surface area (Å²) in [6, 6.07) is 8.92. The van der Waals surface area contributed by atoms with Gasteiger partial charge >= 0.3 is 5.69 Å². The van der Waals surface area contributed by atoms with E-state index in [4.69, 9.17) is 13.9 Å². The van der Waals surface area contributed by atoms with Crippen molar-refractivity contribution < 1.29 is 19.0 Å². The van der Waals surface area contributed by atoms with Crippen LogP contribution in [0.25, 0.3) is 11.3 Å². The zero-order valence-electron chi connectivity index (χ0n) is 13.0. The lowest BCUT2D eigenvalue weighted by molar-refractivity contribution is 0.355. The fourth-order valence-electron chi connectivity index (χ4n) is 2.15. The number of nitrogens with one attached hydrogen (secondary N) is 1. The van der Waals surface area contributed by atoms with Gasteiger partial charge < -0.3 is 19.0 Å². The molecule has 0 fully saturated rings. The molecule has 0 radical (unpaired) electrons. The molecular formula is C16H15N3O5. The van der Waals surface area contributed by atoms with Crippen LogP contribution in [0.1, 0.15) is 5.76 Å². The van der Waals surface area contributed by atoms with Crippen molar-refractivity contribution in [3.05, 3.63) is 52.8 Å². The van der Waals surface area contributed by atoms with E-state index in [-0.39, 0.29) is 5.88 Å². The van der Waals surface area contributed by atoms with Gasteiger partial charge in [0, 0.05) is 5.56 Å². The molecule has 0 unspecified atom stereocenters. The van der Waals surface area contributed by atoms with E-state index < -0.39 is 5.69 Å². The zero-order valence-corrected chi connectivity index (χ0v) is 13.0. The predicted octanol–water partition coefficient (Wildman–Crippen LogP) is 2.04. The maximum atomic E-state index is 11.4. The van der Waals surface area contributed by atoms with Crippen LogP contribution in [-0.4, -0.2) is 35.2 Å². The molecule has 2 N–H and O–H groups in total. The normalized spacial score (nSPS) is 11.1. The summed E-state index contributed by atoms with van der Waals surface area (Å²) in [6.07, 6.45) is 2.54. The molecule has 0 saturated heterocycles. The van der Waals surface area contributed by atoms with Crippen LogP contribution < -0.4 is 15.2 Å². The molecule has 1 aromatic carbocycles. The molecule has 3 aromatic rings. The highest BCUT2D eigenvalue weighted by atomic mass is 16.5. The van der Waals surface area contributed by atoms with Crippen molar-refractivity contribution in [1.29, 1.82) is 0 Å². The average Bonchev–Trinajstić information content (AvgIpc) is 3.18. The van der Waals surface area contributed by atoms with Gasteiger partial charge in [-0.2, -0.15) is 9.78 Å². The quantitative estimate of drug-likeness (QED) is 0.697. The van der Waals surface area contributed by atoms with Crippen molar-refractivity contribution >= 4 is 6.21 Å². The Hall–Kier alpha value is -3.42. The number of H-pyrrole nitrogens is 1. The van der Waals surface area contributed by atoms with E-state index in [1.54, 1.807) is 38.5 Å². The molecule has 0 aliphatic carbocycles. The van der Waals surface area contributed by atoms with Gasteiger partial charge in [-0.3, -0.25) is 4.98 Å². The Bertz CT molecular complexity index is 935. The summed E-state index contributed by atoms with van der Waals surface area (Å²) in [4.78, 5) is 13.6. The van der Waals surface area contributed by atoms with Gasteiger partial charge in [-0.1, -0.05) is 0 Å². The van der Waals surface area contributed by atoms with Crippen LogP contribution >= 0.6 is 0 Å². The molecule has 24 heavy (non-hydrogen) atoms. The van der Waals surface area contributed by atoms with E-state index in [1.807, 2.05) is 6.07 Å². The van der Waals surface area contributed by atoms with Gasteiger partial charge in [-0.15, -0.1) is 0 Å². The lowest BCUT2D eigenvalue weighted by Crippen LogP contribution is -2.11. The molecular weight excluding hydrogens is 314 g/mol. The first-order valence-electron chi connectivity index (χ1n) is 6.98. The number of hydrogen-bond donors (Lipinski definition) is 2. The number of imidazole rings is 1. The van der Waals surface area contributed by atoms with Gasteiger partial charge in [0.1, 0.15) is 11.5 Å². The van der Waals surface area contributed by atoms with Crippen molar-refractivity contribution in [2.75, 3.05) is 14.2 Å². The largest absolute Gasteiger partial charge is 0.493 e. The molecule has 0 bridgehead atoms. The molecule has 3 rings (SSSR count). The second kappa shape index (κ2) is 6.37. The summed E-state index contributed by atoms with van der Waals surface area (Å²) in [5, 5.41) is 13.1. The van der Waals surface area contributed by atoms with E-state index >= 15 is 0 Å².